The number of nitrogens with zero attached hydrogens (tertiary/aromatic N) is 2. The molecule has 1 saturated carbocycles. The fraction of sp³-hybridized carbons (Fsp3) is 0.375. The first-order valence-electron chi connectivity index (χ1n) is 10.8. The molecule has 0 saturated heterocycles. The molecule has 0 radical (unpaired) electrons. The first kappa shape index (κ1) is 17.5. The van der Waals surface area contributed by atoms with Crippen LogP contribution >= 0.6 is 0 Å². The molecule has 1 aromatic carbocycles. The highest BCUT2D eigenvalue weighted by Gasteiger charge is 2.46. The SMILES string of the molecule is Nc1ccc2nc3c(c4c2c1CCC41CCC1)Cn1c-3cc2c(c1=O)COC(=O)C2O. The van der Waals surface area contributed by atoms with Crippen molar-refractivity contribution in [1.29, 1.82) is 0 Å². The summed E-state index contributed by atoms with van der Waals surface area (Å²) in [4.78, 5) is 30.2. The number of aryl methyl sites for hydroxylation is 1. The Morgan fingerprint density at radius 2 is 2.00 bits per heavy atom. The lowest BCUT2D eigenvalue weighted by Crippen LogP contribution is -2.38. The largest absolute Gasteiger partial charge is 0.458 e. The number of cyclic esters (lactones) is 1. The Morgan fingerprint density at radius 1 is 1.16 bits per heavy atom. The monoisotopic (exact) mass is 415 g/mol. The molecule has 7 rings (SSSR count). The van der Waals surface area contributed by atoms with E-state index in [1.165, 1.54) is 22.9 Å². The van der Waals surface area contributed by atoms with Gasteiger partial charge in [-0.15, -0.1) is 0 Å². The summed E-state index contributed by atoms with van der Waals surface area (Å²) in [6.07, 6.45) is 4.11. The maximum absolute atomic E-state index is 13.3. The molecule has 2 aliphatic heterocycles. The lowest BCUT2D eigenvalue weighted by atomic mass is 9.57. The van der Waals surface area contributed by atoms with E-state index in [1.54, 1.807) is 10.6 Å². The van der Waals surface area contributed by atoms with Crippen LogP contribution in [0, 0.1) is 0 Å². The number of hydrogen-bond donors (Lipinski definition) is 2. The number of pyridine rings is 2. The van der Waals surface area contributed by atoms with Crippen LogP contribution in [0.5, 0.6) is 0 Å². The molecule has 1 unspecified atom stereocenters. The Morgan fingerprint density at radius 3 is 2.77 bits per heavy atom. The molecule has 1 atom stereocenters. The number of carbonyl (C=O) groups excluding carboxylic acids is 1. The maximum Gasteiger partial charge on any atom is 0.340 e. The summed E-state index contributed by atoms with van der Waals surface area (Å²) in [7, 11) is 0. The van der Waals surface area contributed by atoms with Crippen LogP contribution in [0.3, 0.4) is 0 Å². The molecular formula is C24H21N3O4. The Kier molecular flexibility index (Phi) is 3.12. The number of nitrogens with two attached hydrogens (primary N) is 1. The summed E-state index contributed by atoms with van der Waals surface area (Å²) in [5.74, 6) is -0.717. The zero-order chi connectivity index (χ0) is 21.1. The number of aromatic nitrogens is 2. The second-order valence-corrected chi connectivity index (χ2v) is 9.34. The van der Waals surface area contributed by atoms with Crippen LogP contribution in [0.4, 0.5) is 5.69 Å². The number of aliphatic hydroxyl groups is 1. The third kappa shape index (κ3) is 2.00. The second-order valence-electron chi connectivity index (χ2n) is 9.34. The second kappa shape index (κ2) is 5.53. The van der Waals surface area contributed by atoms with E-state index in [0.29, 0.717) is 23.4 Å². The molecule has 3 aromatic rings. The normalized spacial score (nSPS) is 22.0. The lowest BCUT2D eigenvalue weighted by molar-refractivity contribution is -0.157. The zero-order valence-corrected chi connectivity index (χ0v) is 16.9. The molecule has 2 aliphatic carbocycles. The molecule has 4 heterocycles. The molecule has 1 spiro atoms. The smallest absolute Gasteiger partial charge is 0.340 e. The van der Waals surface area contributed by atoms with Gasteiger partial charge in [0, 0.05) is 22.2 Å². The predicted molar refractivity (Wildman–Crippen MR) is 114 cm³/mol. The van der Waals surface area contributed by atoms with Crippen LogP contribution in [0.15, 0.2) is 23.0 Å². The molecule has 156 valence electrons. The van der Waals surface area contributed by atoms with Gasteiger partial charge in [-0.05, 0) is 60.4 Å². The Labute approximate surface area is 177 Å². The quantitative estimate of drug-likeness (QED) is 0.337. The molecule has 3 N–H and O–H groups in total. The molecule has 0 bridgehead atoms. The first-order chi connectivity index (χ1) is 15.0. The number of carbonyl (C=O) groups is 1. The molecule has 1 fully saturated rings. The summed E-state index contributed by atoms with van der Waals surface area (Å²) >= 11 is 0. The maximum atomic E-state index is 13.3. The molecular weight excluding hydrogens is 394 g/mol. The van der Waals surface area contributed by atoms with Gasteiger partial charge < -0.3 is 20.1 Å². The van der Waals surface area contributed by atoms with Gasteiger partial charge in [-0.3, -0.25) is 4.79 Å². The number of fused-ring (bicyclic) bond motifs is 6. The summed E-state index contributed by atoms with van der Waals surface area (Å²) in [5.41, 5.74) is 13.7. The van der Waals surface area contributed by atoms with Crippen LogP contribution in [-0.4, -0.2) is 20.6 Å². The minimum Gasteiger partial charge on any atom is -0.458 e. The summed E-state index contributed by atoms with van der Waals surface area (Å²) in [6, 6.07) is 5.66. The standard InChI is InChI=1S/C24H21N3O4/c25-15-2-3-16-18-11(15)4-7-24(5-1-6-24)19(18)13-9-27-17(20(13)26-16)8-12-14(22(27)29)10-31-23(30)21(12)28/h2-3,8,21,28H,1,4-7,9-10,25H2. The van der Waals surface area contributed by atoms with Crippen molar-refractivity contribution in [2.45, 2.75) is 56.8 Å². The van der Waals surface area contributed by atoms with Crippen molar-refractivity contribution < 1.29 is 14.6 Å². The van der Waals surface area contributed by atoms with E-state index in [-0.39, 0.29) is 17.6 Å². The molecule has 4 aliphatic rings. The van der Waals surface area contributed by atoms with E-state index in [9.17, 15) is 14.7 Å². The summed E-state index contributed by atoms with van der Waals surface area (Å²) in [6.45, 7) is 0.350. The van der Waals surface area contributed by atoms with E-state index >= 15 is 0 Å². The van der Waals surface area contributed by atoms with Gasteiger partial charge in [0.2, 0.25) is 0 Å². The topological polar surface area (TPSA) is 107 Å². The number of ether oxygens (including phenoxy) is 1. The van der Waals surface area contributed by atoms with Crippen molar-refractivity contribution >= 4 is 22.6 Å². The molecule has 2 aromatic heterocycles. The number of rotatable bonds is 0. The number of anilines is 1. The molecule has 31 heavy (non-hydrogen) atoms. The highest BCUT2D eigenvalue weighted by atomic mass is 16.5. The van der Waals surface area contributed by atoms with Gasteiger partial charge in [0.15, 0.2) is 6.10 Å². The number of benzene rings is 1. The van der Waals surface area contributed by atoms with Gasteiger partial charge in [0.25, 0.3) is 5.56 Å². The van der Waals surface area contributed by atoms with Crippen LogP contribution < -0.4 is 11.3 Å². The van der Waals surface area contributed by atoms with Crippen LogP contribution in [0.2, 0.25) is 0 Å². The Bertz CT molecular complexity index is 1420. The first-order valence-corrected chi connectivity index (χ1v) is 10.8. The molecule has 7 heteroatoms. The van der Waals surface area contributed by atoms with Crippen molar-refractivity contribution in [2.75, 3.05) is 5.73 Å². The third-order valence-corrected chi connectivity index (χ3v) is 7.96. The molecule has 7 nitrogen and oxygen atoms in total. The van der Waals surface area contributed by atoms with E-state index in [2.05, 4.69) is 0 Å². The predicted octanol–water partition coefficient (Wildman–Crippen LogP) is 2.47. The van der Waals surface area contributed by atoms with E-state index in [1.807, 2.05) is 12.1 Å². The van der Waals surface area contributed by atoms with E-state index in [0.717, 1.165) is 48.1 Å². The average molecular weight is 415 g/mol. The van der Waals surface area contributed by atoms with Gasteiger partial charge in [0.05, 0.1) is 29.0 Å². The van der Waals surface area contributed by atoms with Gasteiger partial charge in [-0.2, -0.15) is 0 Å². The number of esters is 1. The Hall–Kier alpha value is -3.19. The fourth-order valence-corrected chi connectivity index (χ4v) is 6.25. The van der Waals surface area contributed by atoms with Crippen molar-refractivity contribution in [2.24, 2.45) is 0 Å². The van der Waals surface area contributed by atoms with Crippen molar-refractivity contribution in [3.63, 3.8) is 0 Å². The van der Waals surface area contributed by atoms with Gasteiger partial charge in [0.1, 0.15) is 6.61 Å². The third-order valence-electron chi connectivity index (χ3n) is 7.96. The van der Waals surface area contributed by atoms with Crippen LogP contribution in [0.25, 0.3) is 22.3 Å². The fourth-order valence-electron chi connectivity index (χ4n) is 6.25. The highest BCUT2D eigenvalue weighted by Crippen LogP contribution is 2.56. The minimum atomic E-state index is -1.44. The average Bonchev–Trinajstić information content (AvgIpc) is 3.11. The van der Waals surface area contributed by atoms with Gasteiger partial charge in [-0.1, -0.05) is 6.42 Å². The van der Waals surface area contributed by atoms with Crippen molar-refractivity contribution in [1.82, 2.24) is 9.55 Å². The summed E-state index contributed by atoms with van der Waals surface area (Å²) < 4.78 is 6.73. The minimum absolute atomic E-state index is 0.104. The van der Waals surface area contributed by atoms with Crippen LogP contribution in [-0.2, 0) is 34.5 Å². The zero-order valence-electron chi connectivity index (χ0n) is 16.9. The lowest BCUT2D eigenvalue weighted by Gasteiger charge is -2.47. The molecule has 0 amide bonds. The number of nitrogen functional groups attached to an aromatic ring is 1. The number of hydrogen-bond acceptors (Lipinski definition) is 6. The number of aliphatic hydroxyl groups excluding tert-OH is 1. The van der Waals surface area contributed by atoms with Gasteiger partial charge in [-0.25, -0.2) is 9.78 Å². The van der Waals surface area contributed by atoms with Crippen LogP contribution in [0.1, 0.15) is 59.6 Å². The van der Waals surface area contributed by atoms with Gasteiger partial charge >= 0.3 is 5.97 Å². The van der Waals surface area contributed by atoms with Crippen molar-refractivity contribution in [3.05, 3.63) is 56.4 Å². The highest BCUT2D eigenvalue weighted by molar-refractivity contribution is 5.95. The van der Waals surface area contributed by atoms with E-state index in [4.69, 9.17) is 15.5 Å². The Balaban J connectivity index is 1.57. The van der Waals surface area contributed by atoms with E-state index < -0.39 is 12.1 Å². The van der Waals surface area contributed by atoms with Crippen molar-refractivity contribution in [3.8, 4) is 11.4 Å². The summed E-state index contributed by atoms with van der Waals surface area (Å²) in [5, 5.41) is 11.5.